The van der Waals surface area contributed by atoms with Gasteiger partial charge in [-0.3, -0.25) is 4.79 Å². The number of ether oxygens (including phenoxy) is 3. The number of aromatic nitrogens is 3. The summed E-state index contributed by atoms with van der Waals surface area (Å²) in [4.78, 5) is 28.3. The SMILES string of the molecule is CCn1nnc2c(C)c([C@@H](CC(=O)N3C(=O)OC[C@H]3c3ccccc3)c3ccc(C)c(COCc4ccc(OC)cc4)c3)ccc21. The third kappa shape index (κ3) is 6.23. The highest BCUT2D eigenvalue weighted by Gasteiger charge is 2.40. The highest BCUT2D eigenvalue weighted by molar-refractivity contribution is 5.94. The summed E-state index contributed by atoms with van der Waals surface area (Å²) in [6.45, 7) is 7.80. The molecule has 1 aliphatic rings. The van der Waals surface area contributed by atoms with Gasteiger partial charge in [0.2, 0.25) is 5.91 Å². The second-order valence-corrected chi connectivity index (χ2v) is 11.6. The number of rotatable bonds is 11. The van der Waals surface area contributed by atoms with Gasteiger partial charge in [0.1, 0.15) is 23.9 Å². The van der Waals surface area contributed by atoms with Crippen LogP contribution in [0.2, 0.25) is 0 Å². The summed E-state index contributed by atoms with van der Waals surface area (Å²) in [7, 11) is 1.65. The Labute approximate surface area is 268 Å². The Morgan fingerprint density at radius 1 is 1.00 bits per heavy atom. The Bertz CT molecular complexity index is 1850. The number of carbonyl (C=O) groups excluding carboxylic acids is 2. The van der Waals surface area contributed by atoms with Gasteiger partial charge < -0.3 is 14.2 Å². The molecule has 4 aromatic carbocycles. The van der Waals surface area contributed by atoms with Gasteiger partial charge in [-0.25, -0.2) is 14.4 Å². The maximum atomic E-state index is 14.1. The van der Waals surface area contributed by atoms with Gasteiger partial charge in [0.15, 0.2) is 0 Å². The fourth-order valence-corrected chi connectivity index (χ4v) is 6.16. The molecule has 5 aromatic rings. The third-order valence-electron chi connectivity index (χ3n) is 8.82. The summed E-state index contributed by atoms with van der Waals surface area (Å²) in [5.41, 5.74) is 8.64. The van der Waals surface area contributed by atoms with Crippen LogP contribution in [0.5, 0.6) is 5.75 Å². The molecule has 2 atom stereocenters. The van der Waals surface area contributed by atoms with Crippen LogP contribution >= 0.6 is 0 Å². The minimum Gasteiger partial charge on any atom is -0.497 e. The van der Waals surface area contributed by atoms with Crippen molar-refractivity contribution in [3.8, 4) is 5.75 Å². The molecule has 0 N–H and O–H groups in total. The zero-order valence-electron chi connectivity index (χ0n) is 26.6. The average molecular weight is 619 g/mol. The fourth-order valence-electron chi connectivity index (χ4n) is 6.16. The monoisotopic (exact) mass is 618 g/mol. The molecule has 1 aliphatic heterocycles. The summed E-state index contributed by atoms with van der Waals surface area (Å²) in [5, 5.41) is 8.80. The molecule has 6 rings (SSSR count). The van der Waals surface area contributed by atoms with Gasteiger partial charge in [0, 0.05) is 18.9 Å². The minimum atomic E-state index is -0.618. The summed E-state index contributed by atoms with van der Waals surface area (Å²) < 4.78 is 18.7. The summed E-state index contributed by atoms with van der Waals surface area (Å²) in [6.07, 6.45) is -0.547. The highest BCUT2D eigenvalue weighted by Crippen LogP contribution is 2.37. The van der Waals surface area contributed by atoms with Crippen LogP contribution in [-0.4, -0.2) is 45.6 Å². The lowest BCUT2D eigenvalue weighted by Crippen LogP contribution is -2.35. The Kier molecular flexibility index (Phi) is 9.12. The predicted molar refractivity (Wildman–Crippen MR) is 174 cm³/mol. The van der Waals surface area contributed by atoms with E-state index in [0.29, 0.717) is 19.8 Å². The maximum absolute atomic E-state index is 14.1. The second-order valence-electron chi connectivity index (χ2n) is 11.6. The number of hydrogen-bond acceptors (Lipinski definition) is 7. The van der Waals surface area contributed by atoms with Gasteiger partial charge in [-0.1, -0.05) is 71.9 Å². The van der Waals surface area contributed by atoms with Crippen molar-refractivity contribution in [1.82, 2.24) is 19.9 Å². The molecule has 1 saturated heterocycles. The number of fused-ring (bicyclic) bond motifs is 1. The third-order valence-corrected chi connectivity index (χ3v) is 8.82. The predicted octanol–water partition coefficient (Wildman–Crippen LogP) is 7.04. The van der Waals surface area contributed by atoms with Crippen molar-refractivity contribution >= 4 is 23.0 Å². The number of amides is 2. The number of nitrogens with zero attached hydrogens (tertiary/aromatic N) is 4. The first-order chi connectivity index (χ1) is 22.4. The molecule has 9 heteroatoms. The van der Waals surface area contributed by atoms with Crippen LogP contribution in [0.4, 0.5) is 4.79 Å². The van der Waals surface area contributed by atoms with Crippen LogP contribution in [0.15, 0.2) is 84.9 Å². The van der Waals surface area contributed by atoms with Crippen LogP contribution < -0.4 is 4.74 Å². The van der Waals surface area contributed by atoms with Crippen molar-refractivity contribution in [2.45, 2.75) is 58.9 Å². The first-order valence-corrected chi connectivity index (χ1v) is 15.5. The number of imide groups is 1. The quantitative estimate of drug-likeness (QED) is 0.157. The molecule has 9 nitrogen and oxygen atoms in total. The minimum absolute atomic E-state index is 0.0713. The molecule has 0 saturated carbocycles. The van der Waals surface area contributed by atoms with Gasteiger partial charge in [-0.15, -0.1) is 5.10 Å². The standard InChI is InChI=1S/C37H38N4O5/c1-5-40-33-18-17-31(25(3)36(33)38-39-40)32(20-35(42)41-34(23-46-37(41)43)27-9-7-6-8-10-27)28-14-11-24(2)29(19-28)22-45-21-26-12-15-30(44-4)16-13-26/h6-19,32,34H,5,20-23H2,1-4H3/t32-,34-/m0/s1. The number of hydrogen-bond donors (Lipinski definition) is 0. The summed E-state index contributed by atoms with van der Waals surface area (Å²) >= 11 is 0. The maximum Gasteiger partial charge on any atom is 0.417 e. The Morgan fingerprint density at radius 3 is 2.52 bits per heavy atom. The van der Waals surface area contributed by atoms with Crippen molar-refractivity contribution in [3.63, 3.8) is 0 Å². The molecule has 236 valence electrons. The molecular formula is C37H38N4O5. The first kappa shape index (κ1) is 31.0. The lowest BCUT2D eigenvalue weighted by atomic mass is 9.84. The Morgan fingerprint density at radius 2 is 1.78 bits per heavy atom. The molecule has 1 aromatic heterocycles. The van der Waals surface area contributed by atoms with E-state index in [-0.39, 0.29) is 24.9 Å². The normalized spacial score (nSPS) is 15.3. The van der Waals surface area contributed by atoms with E-state index in [9.17, 15) is 9.59 Å². The molecule has 0 bridgehead atoms. The molecule has 2 amide bonds. The van der Waals surface area contributed by atoms with Crippen LogP contribution in [-0.2, 0) is 34.0 Å². The van der Waals surface area contributed by atoms with E-state index in [0.717, 1.165) is 55.7 Å². The van der Waals surface area contributed by atoms with Crippen LogP contribution in [0.3, 0.4) is 0 Å². The number of carbonyl (C=O) groups is 2. The fraction of sp³-hybridized carbons (Fsp3) is 0.297. The van der Waals surface area contributed by atoms with Crippen LogP contribution in [0, 0.1) is 13.8 Å². The zero-order valence-corrected chi connectivity index (χ0v) is 26.6. The lowest BCUT2D eigenvalue weighted by molar-refractivity contribution is -0.129. The van der Waals surface area contributed by atoms with Crippen molar-refractivity contribution < 1.29 is 23.8 Å². The van der Waals surface area contributed by atoms with E-state index in [1.165, 1.54) is 4.90 Å². The molecule has 0 spiro atoms. The number of aryl methyl sites for hydroxylation is 3. The van der Waals surface area contributed by atoms with E-state index in [1.807, 2.05) is 79.2 Å². The van der Waals surface area contributed by atoms with E-state index in [1.54, 1.807) is 7.11 Å². The molecular weight excluding hydrogens is 580 g/mol. The van der Waals surface area contributed by atoms with Crippen molar-refractivity contribution in [3.05, 3.63) is 124 Å². The molecule has 2 heterocycles. The molecule has 1 fully saturated rings. The van der Waals surface area contributed by atoms with E-state index in [2.05, 4.69) is 41.5 Å². The molecule has 0 radical (unpaired) electrons. The highest BCUT2D eigenvalue weighted by atomic mass is 16.6. The Hall–Kier alpha value is -5.02. The topological polar surface area (TPSA) is 95.8 Å². The molecule has 46 heavy (non-hydrogen) atoms. The number of benzene rings is 4. The van der Waals surface area contributed by atoms with Gasteiger partial charge in [0.25, 0.3) is 0 Å². The van der Waals surface area contributed by atoms with Gasteiger partial charge >= 0.3 is 6.09 Å². The second kappa shape index (κ2) is 13.5. The van der Waals surface area contributed by atoms with Crippen molar-refractivity contribution in [2.75, 3.05) is 13.7 Å². The number of methoxy groups -OCH3 is 1. The van der Waals surface area contributed by atoms with Gasteiger partial charge in [-0.2, -0.15) is 0 Å². The Balaban J connectivity index is 1.33. The largest absolute Gasteiger partial charge is 0.497 e. The van der Waals surface area contributed by atoms with E-state index in [4.69, 9.17) is 14.2 Å². The summed E-state index contributed by atoms with van der Waals surface area (Å²) in [6, 6.07) is 27.2. The lowest BCUT2D eigenvalue weighted by Gasteiger charge is -2.25. The molecule has 0 aliphatic carbocycles. The van der Waals surface area contributed by atoms with Gasteiger partial charge in [0.05, 0.1) is 25.8 Å². The van der Waals surface area contributed by atoms with Gasteiger partial charge in [-0.05, 0) is 77.9 Å². The first-order valence-electron chi connectivity index (χ1n) is 15.5. The zero-order chi connectivity index (χ0) is 32.2. The average Bonchev–Trinajstić information content (AvgIpc) is 3.69. The van der Waals surface area contributed by atoms with Crippen molar-refractivity contribution in [1.29, 1.82) is 0 Å². The number of cyclic esters (lactones) is 1. The smallest absolute Gasteiger partial charge is 0.417 e. The van der Waals surface area contributed by atoms with Crippen LogP contribution in [0.1, 0.15) is 64.2 Å². The van der Waals surface area contributed by atoms with Crippen LogP contribution in [0.25, 0.3) is 11.0 Å². The van der Waals surface area contributed by atoms with E-state index >= 15 is 0 Å². The summed E-state index contributed by atoms with van der Waals surface area (Å²) in [5.74, 6) is 0.154. The van der Waals surface area contributed by atoms with Crippen molar-refractivity contribution in [2.24, 2.45) is 0 Å². The van der Waals surface area contributed by atoms with E-state index < -0.39 is 12.1 Å². The molecule has 0 unspecified atom stereocenters.